The molecule has 0 amide bonds. The van der Waals surface area contributed by atoms with Gasteiger partial charge in [-0.25, -0.2) is 8.78 Å². The summed E-state index contributed by atoms with van der Waals surface area (Å²) in [4.78, 5) is 0. The smallest absolute Gasteiger partial charge is 0.164 e. The molecule has 0 unspecified atom stereocenters. The van der Waals surface area contributed by atoms with Gasteiger partial charge in [0, 0.05) is 25.3 Å². The van der Waals surface area contributed by atoms with E-state index in [4.69, 9.17) is 4.74 Å². The van der Waals surface area contributed by atoms with Gasteiger partial charge in [-0.2, -0.15) is 0 Å². The molecule has 0 bridgehead atoms. The molecule has 0 saturated carbocycles. The first-order valence-electron chi connectivity index (χ1n) is 5.59. The Morgan fingerprint density at radius 1 is 1.21 bits per heavy atom. The number of rotatable bonds is 5. The van der Waals surface area contributed by atoms with Crippen LogP contribution in [0, 0.1) is 11.6 Å². The average molecular weight is 332 g/mol. The molecule has 0 fully saturated rings. The zero-order valence-electron chi connectivity index (χ0n) is 10.2. The molecule has 0 radical (unpaired) electrons. The maximum Gasteiger partial charge on any atom is 0.164 e. The second kappa shape index (κ2) is 6.21. The summed E-state index contributed by atoms with van der Waals surface area (Å²) in [5.41, 5.74) is 0.355. The van der Waals surface area contributed by atoms with E-state index >= 15 is 0 Å². The standard InChI is InChI=1S/C12H12BrF2N3O/c1-19-3-2-18-11(7-13)16-17-12(18)8-4-9(14)6-10(15)5-8/h4-6H,2-3,7H2,1H3. The van der Waals surface area contributed by atoms with Crippen LogP contribution in [0.3, 0.4) is 0 Å². The van der Waals surface area contributed by atoms with Crippen molar-refractivity contribution < 1.29 is 13.5 Å². The second-order valence-corrected chi connectivity index (χ2v) is 4.44. The first-order valence-corrected chi connectivity index (χ1v) is 6.71. The Morgan fingerprint density at radius 3 is 2.47 bits per heavy atom. The lowest BCUT2D eigenvalue weighted by molar-refractivity contribution is 0.187. The minimum Gasteiger partial charge on any atom is -0.383 e. The largest absolute Gasteiger partial charge is 0.383 e. The molecule has 0 aliphatic rings. The summed E-state index contributed by atoms with van der Waals surface area (Å²) >= 11 is 3.30. The summed E-state index contributed by atoms with van der Waals surface area (Å²) < 4.78 is 33.3. The van der Waals surface area contributed by atoms with Crippen molar-refractivity contribution in [2.75, 3.05) is 13.7 Å². The van der Waals surface area contributed by atoms with Gasteiger partial charge in [0.15, 0.2) is 5.82 Å². The van der Waals surface area contributed by atoms with E-state index in [2.05, 4.69) is 26.1 Å². The molecule has 102 valence electrons. The average Bonchev–Trinajstić information content (AvgIpc) is 2.77. The highest BCUT2D eigenvalue weighted by Gasteiger charge is 2.14. The van der Waals surface area contributed by atoms with Gasteiger partial charge < -0.3 is 9.30 Å². The number of benzene rings is 1. The number of methoxy groups -OCH3 is 1. The van der Waals surface area contributed by atoms with Crippen molar-refractivity contribution in [1.82, 2.24) is 14.8 Å². The van der Waals surface area contributed by atoms with Crippen LogP contribution in [-0.2, 0) is 16.6 Å². The van der Waals surface area contributed by atoms with Crippen molar-refractivity contribution in [3.05, 3.63) is 35.7 Å². The molecule has 2 aromatic rings. The molecule has 0 N–H and O–H groups in total. The first-order chi connectivity index (χ1) is 9.15. The summed E-state index contributed by atoms with van der Waals surface area (Å²) in [5, 5.41) is 8.48. The van der Waals surface area contributed by atoms with Crippen LogP contribution in [0.4, 0.5) is 8.78 Å². The van der Waals surface area contributed by atoms with E-state index in [-0.39, 0.29) is 0 Å². The molecule has 2 rings (SSSR count). The van der Waals surface area contributed by atoms with Crippen molar-refractivity contribution in [2.24, 2.45) is 0 Å². The Balaban J connectivity index is 2.45. The van der Waals surface area contributed by atoms with Crippen LogP contribution < -0.4 is 0 Å². The van der Waals surface area contributed by atoms with E-state index in [0.717, 1.165) is 6.07 Å². The van der Waals surface area contributed by atoms with Gasteiger partial charge in [0.2, 0.25) is 0 Å². The Kier molecular flexibility index (Phi) is 4.60. The van der Waals surface area contributed by atoms with E-state index in [1.54, 1.807) is 11.7 Å². The van der Waals surface area contributed by atoms with E-state index < -0.39 is 11.6 Å². The molecular formula is C12H12BrF2N3O. The molecule has 0 atom stereocenters. The highest BCUT2D eigenvalue weighted by molar-refractivity contribution is 9.08. The van der Waals surface area contributed by atoms with Crippen molar-refractivity contribution in [2.45, 2.75) is 11.9 Å². The monoisotopic (exact) mass is 331 g/mol. The Labute approximate surface area is 117 Å². The molecule has 0 aliphatic carbocycles. The predicted octanol–water partition coefficient (Wildman–Crippen LogP) is 2.76. The van der Waals surface area contributed by atoms with Gasteiger partial charge in [0.1, 0.15) is 17.5 Å². The molecule has 0 spiro atoms. The third-order valence-corrected chi connectivity index (χ3v) is 3.09. The van der Waals surface area contributed by atoms with Crippen molar-refractivity contribution in [3.8, 4) is 11.4 Å². The van der Waals surface area contributed by atoms with E-state index in [9.17, 15) is 8.78 Å². The molecular weight excluding hydrogens is 320 g/mol. The zero-order valence-corrected chi connectivity index (χ0v) is 11.8. The van der Waals surface area contributed by atoms with Gasteiger partial charge in [0.05, 0.1) is 11.9 Å². The number of nitrogens with zero attached hydrogens (tertiary/aromatic N) is 3. The minimum absolute atomic E-state index is 0.355. The maximum atomic E-state index is 13.3. The third kappa shape index (κ3) is 3.16. The second-order valence-electron chi connectivity index (χ2n) is 3.88. The lowest BCUT2D eigenvalue weighted by Gasteiger charge is -2.09. The number of alkyl halides is 1. The van der Waals surface area contributed by atoms with Crippen LogP contribution in [0.5, 0.6) is 0 Å². The van der Waals surface area contributed by atoms with Crippen LogP contribution in [-0.4, -0.2) is 28.5 Å². The SMILES string of the molecule is COCCn1c(CBr)nnc1-c1cc(F)cc(F)c1. The van der Waals surface area contributed by atoms with Crippen molar-refractivity contribution >= 4 is 15.9 Å². The number of halogens is 3. The first kappa shape index (κ1) is 14.1. The Bertz CT molecular complexity index is 554. The highest BCUT2D eigenvalue weighted by Crippen LogP contribution is 2.21. The minimum atomic E-state index is -0.642. The molecule has 7 heteroatoms. The van der Waals surface area contributed by atoms with Gasteiger partial charge in [-0.15, -0.1) is 10.2 Å². The van der Waals surface area contributed by atoms with E-state index in [1.807, 2.05) is 0 Å². The summed E-state index contributed by atoms with van der Waals surface area (Å²) in [5.74, 6) is -0.185. The van der Waals surface area contributed by atoms with E-state index in [0.29, 0.717) is 35.7 Å². The number of hydrogen-bond acceptors (Lipinski definition) is 3. The van der Waals surface area contributed by atoms with E-state index in [1.165, 1.54) is 12.1 Å². The molecule has 1 heterocycles. The Morgan fingerprint density at radius 2 is 1.89 bits per heavy atom. The van der Waals surface area contributed by atoms with Crippen molar-refractivity contribution in [3.63, 3.8) is 0 Å². The summed E-state index contributed by atoms with van der Waals surface area (Å²) in [6.07, 6.45) is 0. The fourth-order valence-electron chi connectivity index (χ4n) is 1.75. The van der Waals surface area contributed by atoms with Gasteiger partial charge in [-0.3, -0.25) is 0 Å². The summed E-state index contributed by atoms with van der Waals surface area (Å²) in [6, 6.07) is 3.29. The maximum absolute atomic E-state index is 13.3. The Hall–Kier alpha value is -1.34. The highest BCUT2D eigenvalue weighted by atomic mass is 79.9. The van der Waals surface area contributed by atoms with Crippen LogP contribution >= 0.6 is 15.9 Å². The van der Waals surface area contributed by atoms with Gasteiger partial charge in [-0.05, 0) is 12.1 Å². The van der Waals surface area contributed by atoms with Gasteiger partial charge >= 0.3 is 0 Å². The number of ether oxygens (including phenoxy) is 1. The summed E-state index contributed by atoms with van der Waals surface area (Å²) in [7, 11) is 1.58. The van der Waals surface area contributed by atoms with Crippen molar-refractivity contribution in [1.29, 1.82) is 0 Å². The summed E-state index contributed by atoms with van der Waals surface area (Å²) in [6.45, 7) is 0.973. The van der Waals surface area contributed by atoms with Crippen LogP contribution in [0.1, 0.15) is 5.82 Å². The fraction of sp³-hybridized carbons (Fsp3) is 0.333. The lowest BCUT2D eigenvalue weighted by atomic mass is 10.2. The topological polar surface area (TPSA) is 39.9 Å². The predicted molar refractivity (Wildman–Crippen MR) is 69.9 cm³/mol. The third-order valence-electron chi connectivity index (χ3n) is 2.59. The van der Waals surface area contributed by atoms with Gasteiger partial charge in [-0.1, -0.05) is 15.9 Å². The molecule has 1 aromatic heterocycles. The van der Waals surface area contributed by atoms with Crippen LogP contribution in [0.25, 0.3) is 11.4 Å². The molecule has 4 nitrogen and oxygen atoms in total. The molecule has 0 aliphatic heterocycles. The normalized spacial score (nSPS) is 10.9. The lowest BCUT2D eigenvalue weighted by Crippen LogP contribution is -2.09. The quantitative estimate of drug-likeness (QED) is 0.791. The molecule has 19 heavy (non-hydrogen) atoms. The van der Waals surface area contributed by atoms with Crippen LogP contribution in [0.2, 0.25) is 0 Å². The zero-order chi connectivity index (χ0) is 13.8. The fourth-order valence-corrected chi connectivity index (χ4v) is 2.16. The molecule has 1 aromatic carbocycles. The molecule has 0 saturated heterocycles. The van der Waals surface area contributed by atoms with Gasteiger partial charge in [0.25, 0.3) is 0 Å². The number of hydrogen-bond donors (Lipinski definition) is 0. The van der Waals surface area contributed by atoms with Crippen LogP contribution in [0.15, 0.2) is 18.2 Å². The number of aromatic nitrogens is 3.